The summed E-state index contributed by atoms with van der Waals surface area (Å²) in [5.74, 6) is -0.187. The SMILES string of the molecule is CNCCN(C)C(=O)c1cc(C)c(C)c(S(=O)(=O)N(C)C)c1.Cl. The molecule has 1 amide bonds. The molecule has 0 saturated heterocycles. The van der Waals surface area contributed by atoms with Crippen LogP contribution in [-0.4, -0.2) is 64.8 Å². The van der Waals surface area contributed by atoms with Gasteiger partial charge in [0.2, 0.25) is 10.0 Å². The van der Waals surface area contributed by atoms with Crippen LogP contribution >= 0.6 is 12.4 Å². The van der Waals surface area contributed by atoms with E-state index < -0.39 is 10.0 Å². The Kier molecular flexibility index (Phi) is 8.20. The summed E-state index contributed by atoms with van der Waals surface area (Å²) in [6.45, 7) is 4.80. The Hall–Kier alpha value is -1.15. The average molecular weight is 364 g/mol. The first-order chi connectivity index (χ1) is 10.1. The number of carbonyl (C=O) groups excluding carboxylic acids is 1. The van der Waals surface area contributed by atoms with Gasteiger partial charge in [-0.25, -0.2) is 12.7 Å². The highest BCUT2D eigenvalue weighted by atomic mass is 35.5. The number of aryl methyl sites for hydroxylation is 1. The van der Waals surface area contributed by atoms with Gasteiger partial charge in [-0.2, -0.15) is 0 Å². The van der Waals surface area contributed by atoms with Gasteiger partial charge in [-0.05, 0) is 44.2 Å². The van der Waals surface area contributed by atoms with Gasteiger partial charge < -0.3 is 10.2 Å². The molecule has 0 aliphatic rings. The van der Waals surface area contributed by atoms with Gasteiger partial charge in [-0.3, -0.25) is 4.79 Å². The standard InChI is InChI=1S/C15H25N3O3S.ClH/c1-11-9-13(15(19)18(6)8-7-16-3)10-14(12(11)2)22(20,21)17(4)5;/h9-10,16H,7-8H2,1-6H3;1H. The van der Waals surface area contributed by atoms with Crippen molar-refractivity contribution in [3.8, 4) is 0 Å². The number of likely N-dealkylation sites (N-methyl/N-ethyl adjacent to an activating group) is 2. The highest BCUT2D eigenvalue weighted by Crippen LogP contribution is 2.23. The number of carbonyl (C=O) groups is 1. The van der Waals surface area contributed by atoms with Gasteiger partial charge in [-0.15, -0.1) is 12.4 Å². The van der Waals surface area contributed by atoms with Crippen molar-refractivity contribution in [3.05, 3.63) is 28.8 Å². The summed E-state index contributed by atoms with van der Waals surface area (Å²) >= 11 is 0. The summed E-state index contributed by atoms with van der Waals surface area (Å²) in [7, 11) is 2.91. The van der Waals surface area contributed by atoms with Crippen molar-refractivity contribution in [1.82, 2.24) is 14.5 Å². The van der Waals surface area contributed by atoms with Crippen molar-refractivity contribution in [2.75, 3.05) is 41.3 Å². The van der Waals surface area contributed by atoms with Crippen molar-refractivity contribution >= 4 is 28.3 Å². The van der Waals surface area contributed by atoms with Gasteiger partial charge in [0, 0.05) is 39.8 Å². The Labute approximate surface area is 145 Å². The lowest BCUT2D eigenvalue weighted by Crippen LogP contribution is -2.33. The second-order valence-corrected chi connectivity index (χ2v) is 7.65. The molecule has 8 heteroatoms. The zero-order chi connectivity index (χ0) is 17.1. The molecule has 1 aromatic rings. The van der Waals surface area contributed by atoms with Crippen LogP contribution in [0.4, 0.5) is 0 Å². The van der Waals surface area contributed by atoms with Crippen LogP contribution in [0.15, 0.2) is 17.0 Å². The third-order valence-corrected chi connectivity index (χ3v) is 5.61. The number of hydrogen-bond acceptors (Lipinski definition) is 4. The van der Waals surface area contributed by atoms with Gasteiger partial charge in [0.1, 0.15) is 0 Å². The normalized spacial score (nSPS) is 11.3. The van der Waals surface area contributed by atoms with Crippen molar-refractivity contribution < 1.29 is 13.2 Å². The minimum atomic E-state index is -3.58. The summed E-state index contributed by atoms with van der Waals surface area (Å²) < 4.78 is 26.0. The number of halogens is 1. The molecule has 1 N–H and O–H groups in total. The fourth-order valence-electron chi connectivity index (χ4n) is 2.02. The smallest absolute Gasteiger partial charge is 0.253 e. The van der Waals surface area contributed by atoms with Crippen LogP contribution in [-0.2, 0) is 10.0 Å². The molecule has 0 heterocycles. The van der Waals surface area contributed by atoms with E-state index in [2.05, 4.69) is 5.32 Å². The topological polar surface area (TPSA) is 69.7 Å². The molecular formula is C15H26ClN3O3S. The zero-order valence-corrected chi connectivity index (χ0v) is 16.1. The van der Waals surface area contributed by atoms with Crippen LogP contribution in [0.25, 0.3) is 0 Å². The number of hydrogen-bond donors (Lipinski definition) is 1. The second-order valence-electron chi connectivity index (χ2n) is 5.53. The molecule has 6 nitrogen and oxygen atoms in total. The number of nitrogens with zero attached hydrogens (tertiary/aromatic N) is 2. The first-order valence-electron chi connectivity index (χ1n) is 7.06. The number of sulfonamides is 1. The average Bonchev–Trinajstić information content (AvgIpc) is 2.46. The summed E-state index contributed by atoms with van der Waals surface area (Å²) in [6.07, 6.45) is 0. The zero-order valence-electron chi connectivity index (χ0n) is 14.5. The largest absolute Gasteiger partial charge is 0.340 e. The molecule has 0 aliphatic carbocycles. The maximum absolute atomic E-state index is 12.5. The molecule has 0 bridgehead atoms. The van der Waals surface area contributed by atoms with Crippen LogP contribution in [0.3, 0.4) is 0 Å². The highest BCUT2D eigenvalue weighted by molar-refractivity contribution is 7.89. The molecule has 0 spiro atoms. The second kappa shape index (κ2) is 8.63. The Bertz CT molecular complexity index is 660. The van der Waals surface area contributed by atoms with E-state index in [1.165, 1.54) is 20.2 Å². The first-order valence-corrected chi connectivity index (χ1v) is 8.50. The lowest BCUT2D eigenvalue weighted by Gasteiger charge is -2.20. The van der Waals surface area contributed by atoms with Gasteiger partial charge in [0.25, 0.3) is 5.91 Å². The molecule has 23 heavy (non-hydrogen) atoms. The van der Waals surface area contributed by atoms with Gasteiger partial charge in [-0.1, -0.05) is 0 Å². The molecule has 1 rings (SSSR count). The fourth-order valence-corrected chi connectivity index (χ4v) is 3.23. The third-order valence-electron chi connectivity index (χ3n) is 3.67. The molecule has 0 atom stereocenters. The predicted octanol–water partition coefficient (Wildman–Crippen LogP) is 1.27. The Morgan fingerprint density at radius 2 is 1.74 bits per heavy atom. The Morgan fingerprint density at radius 3 is 2.22 bits per heavy atom. The summed E-state index contributed by atoms with van der Waals surface area (Å²) in [5.41, 5.74) is 1.85. The predicted molar refractivity (Wildman–Crippen MR) is 94.9 cm³/mol. The molecule has 0 aromatic heterocycles. The molecule has 0 saturated carbocycles. The number of rotatable bonds is 6. The minimum absolute atomic E-state index is 0. The van der Waals surface area contributed by atoms with E-state index in [1.807, 2.05) is 14.0 Å². The first kappa shape index (κ1) is 21.9. The fraction of sp³-hybridized carbons (Fsp3) is 0.533. The lowest BCUT2D eigenvalue weighted by atomic mass is 10.1. The Morgan fingerprint density at radius 1 is 1.17 bits per heavy atom. The van der Waals surface area contributed by atoms with Gasteiger partial charge >= 0.3 is 0 Å². The van der Waals surface area contributed by atoms with E-state index in [1.54, 1.807) is 24.9 Å². The summed E-state index contributed by atoms with van der Waals surface area (Å²) in [5, 5.41) is 2.98. The molecule has 132 valence electrons. The summed E-state index contributed by atoms with van der Waals surface area (Å²) in [4.78, 5) is 14.2. The van der Waals surface area contributed by atoms with Crippen molar-refractivity contribution in [2.45, 2.75) is 18.7 Å². The number of amides is 1. The van der Waals surface area contributed by atoms with E-state index >= 15 is 0 Å². The number of nitrogens with one attached hydrogen (secondary N) is 1. The van der Waals surface area contributed by atoms with Crippen molar-refractivity contribution in [2.24, 2.45) is 0 Å². The lowest BCUT2D eigenvalue weighted by molar-refractivity contribution is 0.0796. The summed E-state index contributed by atoms with van der Waals surface area (Å²) in [6, 6.07) is 3.21. The third kappa shape index (κ3) is 4.91. The van der Waals surface area contributed by atoms with Crippen LogP contribution in [0.2, 0.25) is 0 Å². The van der Waals surface area contributed by atoms with Crippen LogP contribution in [0.5, 0.6) is 0 Å². The number of benzene rings is 1. The molecule has 0 radical (unpaired) electrons. The highest BCUT2D eigenvalue weighted by Gasteiger charge is 2.23. The molecular weight excluding hydrogens is 338 g/mol. The van der Waals surface area contributed by atoms with E-state index in [9.17, 15) is 13.2 Å². The van der Waals surface area contributed by atoms with Gasteiger partial charge in [0.05, 0.1) is 4.90 Å². The molecule has 0 unspecified atom stereocenters. The molecule has 1 aromatic carbocycles. The maximum Gasteiger partial charge on any atom is 0.253 e. The van der Waals surface area contributed by atoms with Crippen LogP contribution in [0, 0.1) is 13.8 Å². The monoisotopic (exact) mass is 363 g/mol. The maximum atomic E-state index is 12.5. The molecule has 0 fully saturated rings. The van der Waals surface area contributed by atoms with Gasteiger partial charge in [0.15, 0.2) is 0 Å². The Balaban J connectivity index is 0.00000484. The van der Waals surface area contributed by atoms with E-state index in [0.29, 0.717) is 24.2 Å². The van der Waals surface area contributed by atoms with E-state index in [-0.39, 0.29) is 23.2 Å². The van der Waals surface area contributed by atoms with E-state index in [0.717, 1.165) is 9.87 Å². The minimum Gasteiger partial charge on any atom is -0.340 e. The molecule has 0 aliphatic heterocycles. The quantitative estimate of drug-likeness (QED) is 0.826. The van der Waals surface area contributed by atoms with E-state index in [4.69, 9.17) is 0 Å². The van der Waals surface area contributed by atoms with Crippen LogP contribution in [0.1, 0.15) is 21.5 Å². The van der Waals surface area contributed by atoms with Crippen molar-refractivity contribution in [3.63, 3.8) is 0 Å². The van der Waals surface area contributed by atoms with Crippen molar-refractivity contribution in [1.29, 1.82) is 0 Å². The van der Waals surface area contributed by atoms with Crippen LogP contribution < -0.4 is 5.32 Å².